The number of methoxy groups -OCH3 is 1. The van der Waals surface area contributed by atoms with E-state index in [0.717, 1.165) is 18.8 Å². The zero-order chi connectivity index (χ0) is 18.9. The minimum absolute atomic E-state index is 0.00275. The zero-order valence-electron chi connectivity index (χ0n) is 15.6. The zero-order valence-corrected chi connectivity index (χ0v) is 16.5. The van der Waals surface area contributed by atoms with E-state index in [1.54, 1.807) is 25.6 Å². The highest BCUT2D eigenvalue weighted by Crippen LogP contribution is 2.26. The van der Waals surface area contributed by atoms with E-state index >= 15 is 0 Å². The van der Waals surface area contributed by atoms with E-state index in [4.69, 9.17) is 4.74 Å². The maximum absolute atomic E-state index is 12.3. The summed E-state index contributed by atoms with van der Waals surface area (Å²) in [4.78, 5) is 23.1. The Balaban J connectivity index is 1.59. The summed E-state index contributed by atoms with van der Waals surface area (Å²) in [6, 6.07) is 10.1. The molecule has 0 aliphatic carbocycles. The highest BCUT2D eigenvalue weighted by Gasteiger charge is 2.23. The Kier molecular flexibility index (Phi) is 7.47. The van der Waals surface area contributed by atoms with E-state index in [9.17, 15) is 4.79 Å². The van der Waals surface area contributed by atoms with E-state index < -0.39 is 0 Å². The fourth-order valence-corrected chi connectivity index (χ4v) is 3.90. The fourth-order valence-electron chi connectivity index (χ4n) is 3.27. The van der Waals surface area contributed by atoms with Crippen LogP contribution in [0.25, 0.3) is 0 Å². The first-order valence-corrected chi connectivity index (χ1v) is 10.3. The number of amides is 1. The number of carbonyl (C=O) groups is 1. The molecule has 1 fully saturated rings. The number of nitrogens with one attached hydrogen (secondary N) is 1. The van der Waals surface area contributed by atoms with Crippen LogP contribution in [0.3, 0.4) is 0 Å². The average molecular weight is 387 g/mol. The Bertz CT molecular complexity index is 706. The van der Waals surface area contributed by atoms with E-state index in [-0.39, 0.29) is 11.9 Å². The van der Waals surface area contributed by atoms with Crippen LogP contribution in [0.5, 0.6) is 5.75 Å². The molecule has 144 valence electrons. The average Bonchev–Trinajstić information content (AvgIpc) is 2.74. The van der Waals surface area contributed by atoms with Crippen molar-refractivity contribution >= 4 is 17.7 Å². The molecule has 1 unspecified atom stereocenters. The number of piperidine rings is 1. The van der Waals surface area contributed by atoms with Gasteiger partial charge in [-0.2, -0.15) is 0 Å². The quantitative estimate of drug-likeness (QED) is 0.556. The number of rotatable bonds is 8. The summed E-state index contributed by atoms with van der Waals surface area (Å²) in [5, 5.41) is 3.71. The maximum Gasteiger partial charge on any atom is 0.230 e. The van der Waals surface area contributed by atoms with Gasteiger partial charge in [0, 0.05) is 18.9 Å². The molecule has 1 aromatic heterocycles. The van der Waals surface area contributed by atoms with Crippen molar-refractivity contribution in [1.82, 2.24) is 20.2 Å². The summed E-state index contributed by atoms with van der Waals surface area (Å²) in [7, 11) is 1.67. The van der Waals surface area contributed by atoms with Crippen LogP contribution in [0.4, 0.5) is 0 Å². The fraction of sp³-hybridized carbons (Fsp3) is 0.450. The molecule has 1 N–H and O–H groups in total. The van der Waals surface area contributed by atoms with Gasteiger partial charge in [0.05, 0.1) is 18.9 Å². The smallest absolute Gasteiger partial charge is 0.230 e. The molecule has 3 rings (SSSR count). The minimum atomic E-state index is 0.00275. The largest absolute Gasteiger partial charge is 0.497 e. The van der Waals surface area contributed by atoms with Crippen LogP contribution in [-0.2, 0) is 4.79 Å². The number of ether oxygens (including phenoxy) is 1. The van der Waals surface area contributed by atoms with Gasteiger partial charge in [0.2, 0.25) is 5.91 Å². The standard InChI is InChI=1S/C20H26N4O2S/c1-26-17-8-6-16(7-9-17)18(24-12-3-2-4-13-24)14-23-19(25)15-27-20-21-10-5-11-22-20/h5-11,18H,2-4,12-15H2,1H3,(H,23,25). The van der Waals surface area contributed by atoms with Gasteiger partial charge in [-0.1, -0.05) is 30.3 Å². The second-order valence-electron chi connectivity index (χ2n) is 6.51. The predicted octanol–water partition coefficient (Wildman–Crippen LogP) is 2.92. The van der Waals surface area contributed by atoms with E-state index in [0.29, 0.717) is 17.5 Å². The second-order valence-corrected chi connectivity index (χ2v) is 7.45. The number of thioether (sulfide) groups is 1. The third kappa shape index (κ3) is 5.94. The molecule has 27 heavy (non-hydrogen) atoms. The van der Waals surface area contributed by atoms with Crippen molar-refractivity contribution in [3.05, 3.63) is 48.3 Å². The van der Waals surface area contributed by atoms with Gasteiger partial charge in [-0.25, -0.2) is 9.97 Å². The third-order valence-electron chi connectivity index (χ3n) is 4.70. The molecule has 1 aliphatic rings. The van der Waals surface area contributed by atoms with Crippen LogP contribution in [0.1, 0.15) is 30.9 Å². The van der Waals surface area contributed by atoms with Crippen LogP contribution in [0.15, 0.2) is 47.9 Å². The normalized spacial score (nSPS) is 15.9. The highest BCUT2D eigenvalue weighted by atomic mass is 32.2. The van der Waals surface area contributed by atoms with Crippen molar-refractivity contribution < 1.29 is 9.53 Å². The predicted molar refractivity (Wildman–Crippen MR) is 107 cm³/mol. The second kappa shape index (κ2) is 10.3. The van der Waals surface area contributed by atoms with E-state index in [1.807, 2.05) is 12.1 Å². The first-order chi connectivity index (χ1) is 13.3. The number of benzene rings is 1. The molecule has 2 aromatic rings. The van der Waals surface area contributed by atoms with Crippen molar-refractivity contribution in [2.75, 3.05) is 32.5 Å². The highest BCUT2D eigenvalue weighted by molar-refractivity contribution is 7.99. The van der Waals surface area contributed by atoms with Crippen molar-refractivity contribution in [2.45, 2.75) is 30.5 Å². The van der Waals surface area contributed by atoms with Crippen LogP contribution in [-0.4, -0.2) is 53.3 Å². The van der Waals surface area contributed by atoms with Crippen molar-refractivity contribution in [3.8, 4) is 5.75 Å². The van der Waals surface area contributed by atoms with Gasteiger partial charge < -0.3 is 10.1 Å². The first-order valence-electron chi connectivity index (χ1n) is 9.31. The summed E-state index contributed by atoms with van der Waals surface area (Å²) in [6.07, 6.45) is 7.07. The van der Waals surface area contributed by atoms with Gasteiger partial charge in [0.25, 0.3) is 0 Å². The Morgan fingerprint density at radius 3 is 2.56 bits per heavy atom. The molecule has 0 spiro atoms. The molecule has 1 aromatic carbocycles. The number of nitrogens with zero attached hydrogens (tertiary/aromatic N) is 3. The molecular weight excluding hydrogens is 360 g/mol. The van der Waals surface area contributed by atoms with E-state index in [1.165, 1.54) is 36.6 Å². The molecule has 0 saturated carbocycles. The van der Waals surface area contributed by atoms with Gasteiger partial charge in [-0.05, 0) is 49.7 Å². The number of hydrogen-bond donors (Lipinski definition) is 1. The monoisotopic (exact) mass is 386 g/mol. The number of aromatic nitrogens is 2. The van der Waals surface area contributed by atoms with Gasteiger partial charge in [0.15, 0.2) is 5.16 Å². The van der Waals surface area contributed by atoms with Crippen LogP contribution in [0.2, 0.25) is 0 Å². The van der Waals surface area contributed by atoms with Gasteiger partial charge >= 0.3 is 0 Å². The van der Waals surface area contributed by atoms with Gasteiger partial charge in [-0.3, -0.25) is 9.69 Å². The summed E-state index contributed by atoms with van der Waals surface area (Å²) in [5.41, 5.74) is 1.21. The lowest BCUT2D eigenvalue weighted by molar-refractivity contribution is -0.118. The summed E-state index contributed by atoms with van der Waals surface area (Å²) in [6.45, 7) is 2.74. The number of carbonyl (C=O) groups excluding carboxylic acids is 1. The molecule has 7 heteroatoms. The molecule has 0 radical (unpaired) electrons. The molecule has 1 amide bonds. The SMILES string of the molecule is COc1ccc(C(CNC(=O)CSc2ncccn2)N2CCCCC2)cc1. The Hall–Kier alpha value is -2.12. The Labute approximate surface area is 164 Å². The lowest BCUT2D eigenvalue weighted by Crippen LogP contribution is -2.41. The van der Waals surface area contributed by atoms with Gasteiger partial charge in [-0.15, -0.1) is 0 Å². The molecule has 0 bridgehead atoms. The topological polar surface area (TPSA) is 67.3 Å². The molecular formula is C20H26N4O2S. The van der Waals surface area contributed by atoms with Gasteiger partial charge in [0.1, 0.15) is 5.75 Å². The molecule has 1 atom stereocenters. The molecule has 1 aliphatic heterocycles. The van der Waals surface area contributed by atoms with Crippen molar-refractivity contribution in [1.29, 1.82) is 0 Å². The molecule has 2 heterocycles. The van der Waals surface area contributed by atoms with Crippen LogP contribution >= 0.6 is 11.8 Å². The Morgan fingerprint density at radius 1 is 1.19 bits per heavy atom. The first kappa shape index (κ1) is 19.6. The number of hydrogen-bond acceptors (Lipinski definition) is 6. The summed E-state index contributed by atoms with van der Waals surface area (Å²) < 4.78 is 5.27. The maximum atomic E-state index is 12.3. The summed E-state index contributed by atoms with van der Waals surface area (Å²) in [5.74, 6) is 1.17. The number of likely N-dealkylation sites (tertiary alicyclic amines) is 1. The van der Waals surface area contributed by atoms with E-state index in [2.05, 4.69) is 32.3 Å². The molecule has 6 nitrogen and oxygen atoms in total. The third-order valence-corrected chi connectivity index (χ3v) is 5.57. The molecule has 1 saturated heterocycles. The summed E-state index contributed by atoms with van der Waals surface area (Å²) >= 11 is 1.35. The lowest BCUT2D eigenvalue weighted by Gasteiger charge is -2.35. The van der Waals surface area contributed by atoms with Crippen molar-refractivity contribution in [2.24, 2.45) is 0 Å². The lowest BCUT2D eigenvalue weighted by atomic mass is 10.0. The van der Waals surface area contributed by atoms with Crippen LogP contribution < -0.4 is 10.1 Å². The van der Waals surface area contributed by atoms with Crippen LogP contribution in [0, 0.1) is 0 Å². The minimum Gasteiger partial charge on any atom is -0.497 e. The Morgan fingerprint density at radius 2 is 1.89 bits per heavy atom. The van der Waals surface area contributed by atoms with Crippen molar-refractivity contribution in [3.63, 3.8) is 0 Å².